The third kappa shape index (κ3) is 6.24. The molecular weight excluding hydrogens is 530 g/mol. The van der Waals surface area contributed by atoms with Crippen molar-refractivity contribution in [1.82, 2.24) is 14.5 Å². The molecule has 10 nitrogen and oxygen atoms in total. The van der Waals surface area contributed by atoms with Gasteiger partial charge in [0.1, 0.15) is 11.1 Å². The van der Waals surface area contributed by atoms with Gasteiger partial charge in [-0.3, -0.25) is 0 Å². The number of nitrogen functional groups attached to an aromatic ring is 1. The minimum Gasteiger partial charge on any atom is -0.481 e. The molecule has 0 amide bonds. The van der Waals surface area contributed by atoms with Crippen molar-refractivity contribution >= 4 is 17.6 Å². The topological polar surface area (TPSA) is 150 Å². The average Bonchev–Trinajstić information content (AvgIpc) is 3.14. The Labute approximate surface area is 210 Å². The molecule has 0 aliphatic carbocycles. The third-order valence-corrected chi connectivity index (χ3v) is 4.90. The van der Waals surface area contributed by atoms with Gasteiger partial charge in [0, 0.05) is 11.4 Å². The molecule has 0 saturated heterocycles. The highest BCUT2D eigenvalue weighted by molar-refractivity contribution is 5.91. The Morgan fingerprint density at radius 1 is 0.816 bits per heavy atom. The van der Waals surface area contributed by atoms with Crippen LogP contribution in [-0.2, 0) is 12.4 Å². The molecule has 0 fully saturated rings. The van der Waals surface area contributed by atoms with Crippen LogP contribution in [-0.4, -0.2) is 50.9 Å². The van der Waals surface area contributed by atoms with Gasteiger partial charge in [-0.05, 0) is 38.1 Å². The van der Waals surface area contributed by atoms with E-state index in [1.165, 1.54) is 4.57 Å². The number of hydrogen-bond donors (Lipinski definition) is 3. The first-order valence-electron chi connectivity index (χ1n) is 10.1. The molecular formula is C22H20F6N4O6. The predicted molar refractivity (Wildman–Crippen MR) is 119 cm³/mol. The standard InChI is InChI=1S/C14H13F3N2O3.C8H7F3N2O3/c1-7-4-5-8(2)19(7)10-6-9(14(15,16)17)12(22-3)18-11(10)13(20)21;1-16-6-3(8(9,10)11)2-4(12)5(13-6)7(14)15/h4-6H,1-3H3,(H,20,21);2H,12H2,1H3,(H,14,15). The summed E-state index contributed by atoms with van der Waals surface area (Å²) in [5.74, 6) is -4.55. The Morgan fingerprint density at radius 2 is 1.21 bits per heavy atom. The van der Waals surface area contributed by atoms with E-state index in [0.717, 1.165) is 20.3 Å². The van der Waals surface area contributed by atoms with Crippen LogP contribution in [0.2, 0.25) is 0 Å². The number of carboxylic acids is 2. The molecule has 4 N–H and O–H groups in total. The van der Waals surface area contributed by atoms with Gasteiger partial charge in [-0.15, -0.1) is 0 Å². The molecule has 3 aromatic rings. The Hall–Kier alpha value is -4.50. The first-order chi connectivity index (χ1) is 17.4. The number of rotatable bonds is 5. The summed E-state index contributed by atoms with van der Waals surface area (Å²) in [6, 6.07) is 4.58. The minimum atomic E-state index is -4.71. The van der Waals surface area contributed by atoms with Gasteiger partial charge in [-0.25, -0.2) is 19.6 Å². The van der Waals surface area contributed by atoms with Crippen molar-refractivity contribution in [3.05, 3.63) is 58.2 Å². The molecule has 0 spiro atoms. The van der Waals surface area contributed by atoms with Crippen LogP contribution in [0.25, 0.3) is 5.69 Å². The van der Waals surface area contributed by atoms with Crippen LogP contribution in [0.15, 0.2) is 24.3 Å². The lowest BCUT2D eigenvalue weighted by Gasteiger charge is -2.17. The van der Waals surface area contributed by atoms with Crippen LogP contribution in [0, 0.1) is 13.8 Å². The van der Waals surface area contributed by atoms with Gasteiger partial charge < -0.3 is 30.0 Å². The van der Waals surface area contributed by atoms with E-state index < -0.39 is 64.3 Å². The summed E-state index contributed by atoms with van der Waals surface area (Å²) in [5.41, 5.74) is 2.10. The number of pyridine rings is 2. The molecule has 3 rings (SSSR count). The molecule has 3 aromatic heterocycles. The van der Waals surface area contributed by atoms with Crippen LogP contribution in [0.4, 0.5) is 32.0 Å². The van der Waals surface area contributed by atoms with E-state index in [9.17, 15) is 41.0 Å². The SMILES string of the molecule is COc1nc(C(=O)O)c(-n2c(C)ccc2C)cc1C(F)(F)F.COc1nc(C(=O)O)c(N)cc1C(F)(F)F. The van der Waals surface area contributed by atoms with E-state index in [1.54, 1.807) is 26.0 Å². The van der Waals surface area contributed by atoms with Crippen LogP contribution in [0.3, 0.4) is 0 Å². The van der Waals surface area contributed by atoms with Crippen LogP contribution < -0.4 is 15.2 Å². The smallest absolute Gasteiger partial charge is 0.421 e. The first-order valence-corrected chi connectivity index (χ1v) is 10.1. The van der Waals surface area contributed by atoms with Gasteiger partial charge in [-0.1, -0.05) is 0 Å². The normalized spacial score (nSPS) is 11.4. The van der Waals surface area contributed by atoms with Crippen molar-refractivity contribution in [2.75, 3.05) is 20.0 Å². The van der Waals surface area contributed by atoms with Crippen LogP contribution >= 0.6 is 0 Å². The summed E-state index contributed by atoms with van der Waals surface area (Å²) in [4.78, 5) is 28.7. The van der Waals surface area contributed by atoms with E-state index in [1.807, 2.05) is 0 Å². The zero-order chi connectivity index (χ0) is 29.2. The van der Waals surface area contributed by atoms with Crippen molar-refractivity contribution in [3.8, 4) is 17.4 Å². The molecule has 0 aromatic carbocycles. The second-order valence-corrected chi connectivity index (χ2v) is 7.45. The number of ether oxygens (including phenoxy) is 2. The molecule has 206 valence electrons. The fourth-order valence-corrected chi connectivity index (χ4v) is 3.26. The van der Waals surface area contributed by atoms with Crippen molar-refractivity contribution in [2.24, 2.45) is 0 Å². The maximum Gasteiger partial charge on any atom is 0.421 e. The quantitative estimate of drug-likeness (QED) is 0.387. The van der Waals surface area contributed by atoms with Crippen molar-refractivity contribution in [1.29, 1.82) is 0 Å². The number of aryl methyl sites for hydroxylation is 2. The molecule has 16 heteroatoms. The number of methoxy groups -OCH3 is 2. The number of nitrogens with two attached hydrogens (primary N) is 1. The lowest BCUT2D eigenvalue weighted by molar-refractivity contribution is -0.140. The first kappa shape index (κ1) is 29.7. The van der Waals surface area contributed by atoms with Gasteiger partial charge in [0.25, 0.3) is 0 Å². The second-order valence-electron chi connectivity index (χ2n) is 7.45. The Bertz CT molecular complexity index is 1350. The number of aromatic carboxylic acids is 2. The van der Waals surface area contributed by atoms with Gasteiger partial charge in [0.2, 0.25) is 11.8 Å². The van der Waals surface area contributed by atoms with E-state index in [4.69, 9.17) is 10.8 Å². The van der Waals surface area contributed by atoms with Gasteiger partial charge >= 0.3 is 24.3 Å². The number of halogens is 6. The third-order valence-electron chi connectivity index (χ3n) is 4.90. The fraction of sp³-hybridized carbons (Fsp3) is 0.273. The molecule has 0 aliphatic rings. The predicted octanol–water partition coefficient (Wildman–Crippen LogP) is 4.60. The molecule has 0 aliphatic heterocycles. The Kier molecular flexibility index (Phi) is 8.49. The summed E-state index contributed by atoms with van der Waals surface area (Å²) >= 11 is 0. The minimum absolute atomic E-state index is 0.152. The lowest BCUT2D eigenvalue weighted by Crippen LogP contribution is -2.16. The molecule has 0 atom stereocenters. The summed E-state index contributed by atoms with van der Waals surface area (Å²) in [7, 11) is 1.97. The maximum absolute atomic E-state index is 13.1. The van der Waals surface area contributed by atoms with Crippen molar-refractivity contribution in [3.63, 3.8) is 0 Å². The van der Waals surface area contributed by atoms with E-state index in [2.05, 4.69) is 19.4 Å². The summed E-state index contributed by atoms with van der Waals surface area (Å²) in [6.07, 6.45) is -9.41. The van der Waals surface area contributed by atoms with E-state index in [0.29, 0.717) is 17.5 Å². The van der Waals surface area contributed by atoms with E-state index in [-0.39, 0.29) is 5.69 Å². The number of alkyl halides is 6. The number of anilines is 1. The molecule has 0 radical (unpaired) electrons. The number of aromatic nitrogens is 3. The lowest BCUT2D eigenvalue weighted by atomic mass is 10.2. The highest BCUT2D eigenvalue weighted by Gasteiger charge is 2.38. The van der Waals surface area contributed by atoms with Crippen molar-refractivity contribution < 1.29 is 55.6 Å². The Balaban J connectivity index is 0.000000281. The number of nitrogens with zero attached hydrogens (tertiary/aromatic N) is 3. The van der Waals surface area contributed by atoms with Gasteiger partial charge in [0.05, 0.1) is 25.6 Å². The van der Waals surface area contributed by atoms with Gasteiger partial charge in [0.15, 0.2) is 11.4 Å². The largest absolute Gasteiger partial charge is 0.481 e. The summed E-state index contributed by atoms with van der Waals surface area (Å²) < 4.78 is 87.0. The maximum atomic E-state index is 13.1. The van der Waals surface area contributed by atoms with Gasteiger partial charge in [-0.2, -0.15) is 26.3 Å². The molecule has 0 bridgehead atoms. The fourth-order valence-electron chi connectivity index (χ4n) is 3.26. The highest BCUT2D eigenvalue weighted by Crippen LogP contribution is 2.38. The molecule has 0 saturated carbocycles. The molecule has 0 unspecified atom stereocenters. The Morgan fingerprint density at radius 3 is 1.58 bits per heavy atom. The zero-order valence-electron chi connectivity index (χ0n) is 20.0. The highest BCUT2D eigenvalue weighted by atomic mass is 19.4. The van der Waals surface area contributed by atoms with Crippen molar-refractivity contribution in [2.45, 2.75) is 26.2 Å². The molecule has 3 heterocycles. The number of carboxylic acid groups (broad SMARTS) is 2. The second kappa shape index (κ2) is 10.9. The summed E-state index contributed by atoms with van der Waals surface area (Å²) in [5, 5.41) is 17.8. The van der Waals surface area contributed by atoms with Crippen LogP contribution in [0.5, 0.6) is 11.8 Å². The molecule has 38 heavy (non-hydrogen) atoms. The summed E-state index contributed by atoms with van der Waals surface area (Å²) in [6.45, 7) is 3.33. The number of hydrogen-bond acceptors (Lipinski definition) is 7. The van der Waals surface area contributed by atoms with E-state index >= 15 is 0 Å². The van der Waals surface area contributed by atoms with Crippen LogP contribution in [0.1, 0.15) is 43.5 Å². The number of carbonyl (C=O) groups is 2. The average molecular weight is 550 g/mol. The monoisotopic (exact) mass is 550 g/mol. The zero-order valence-corrected chi connectivity index (χ0v) is 20.0.